The fraction of sp³-hybridized carbons (Fsp3) is 0.333. The fourth-order valence-electron chi connectivity index (χ4n) is 0.664. The first-order valence-corrected chi connectivity index (χ1v) is 2.69. The Morgan fingerprint density at radius 2 is 2.67 bits per heavy atom. The van der Waals surface area contributed by atoms with E-state index in [1.807, 2.05) is 6.07 Å². The number of amides is 1. The number of nitrogens with one attached hydrogen (secondary N) is 1. The smallest absolute Gasteiger partial charge is 0.241 e. The van der Waals surface area contributed by atoms with Crippen LogP contribution >= 0.6 is 0 Å². The molecule has 1 amide bonds. The Hall–Kier alpha value is -1.30. The van der Waals surface area contributed by atoms with Crippen LogP contribution < -0.4 is 5.32 Å². The number of hydrogen-bond donors (Lipinski definition) is 1. The molecule has 1 unspecified atom stereocenters. The summed E-state index contributed by atoms with van der Waals surface area (Å²) >= 11 is 0. The van der Waals surface area contributed by atoms with E-state index in [0.717, 1.165) is 0 Å². The molecule has 1 aliphatic rings. The third kappa shape index (κ3) is 1.08. The van der Waals surface area contributed by atoms with Gasteiger partial charge in [0.05, 0.1) is 6.07 Å². The minimum atomic E-state index is -0.477. The summed E-state index contributed by atoms with van der Waals surface area (Å²) < 4.78 is 0. The lowest BCUT2D eigenvalue weighted by Gasteiger charge is -2.08. The Kier molecular flexibility index (Phi) is 1.50. The van der Waals surface area contributed by atoms with Crippen LogP contribution in [0.4, 0.5) is 0 Å². The molecule has 46 valence electrons. The second-order valence-electron chi connectivity index (χ2n) is 1.83. The van der Waals surface area contributed by atoms with Gasteiger partial charge in [-0.05, 0) is 12.6 Å². The Labute approximate surface area is 53.0 Å². The monoisotopic (exact) mass is 122 g/mol. The molecule has 0 aromatic carbocycles. The van der Waals surface area contributed by atoms with Crippen molar-refractivity contribution in [2.24, 2.45) is 5.92 Å². The third-order valence-corrected chi connectivity index (χ3v) is 1.19. The lowest BCUT2D eigenvalue weighted by atomic mass is 10.1. The molecule has 0 saturated heterocycles. The van der Waals surface area contributed by atoms with Crippen molar-refractivity contribution >= 4 is 5.91 Å². The molecule has 0 fully saturated rings. The lowest BCUT2D eigenvalue weighted by molar-refractivity contribution is -0.122. The zero-order valence-corrected chi connectivity index (χ0v) is 4.79. The van der Waals surface area contributed by atoms with E-state index in [9.17, 15) is 4.79 Å². The highest BCUT2D eigenvalue weighted by Crippen LogP contribution is 2.05. The van der Waals surface area contributed by atoms with Gasteiger partial charge in [0.1, 0.15) is 5.92 Å². The Morgan fingerprint density at radius 1 is 1.89 bits per heavy atom. The van der Waals surface area contributed by atoms with Gasteiger partial charge in [0.15, 0.2) is 0 Å². The van der Waals surface area contributed by atoms with Crippen LogP contribution in [0.1, 0.15) is 6.42 Å². The maximum absolute atomic E-state index is 10.6. The SMILES string of the molecule is N#CC1CC=CNC1=O. The first-order valence-electron chi connectivity index (χ1n) is 2.69. The molecule has 1 aliphatic heterocycles. The van der Waals surface area contributed by atoms with Gasteiger partial charge >= 0.3 is 0 Å². The largest absolute Gasteiger partial charge is 0.332 e. The molecule has 1 N–H and O–H groups in total. The van der Waals surface area contributed by atoms with Crippen LogP contribution in [-0.4, -0.2) is 5.91 Å². The van der Waals surface area contributed by atoms with Gasteiger partial charge in [-0.2, -0.15) is 5.26 Å². The first kappa shape index (κ1) is 5.83. The van der Waals surface area contributed by atoms with E-state index in [-0.39, 0.29) is 5.91 Å². The summed E-state index contributed by atoms with van der Waals surface area (Å²) in [5, 5.41) is 10.8. The number of nitrogens with zero attached hydrogens (tertiary/aromatic N) is 1. The molecule has 0 spiro atoms. The summed E-state index contributed by atoms with van der Waals surface area (Å²) in [6, 6.07) is 1.89. The van der Waals surface area contributed by atoms with Gasteiger partial charge in [-0.3, -0.25) is 4.79 Å². The van der Waals surface area contributed by atoms with Crippen LogP contribution in [-0.2, 0) is 4.79 Å². The molecule has 3 nitrogen and oxygen atoms in total. The van der Waals surface area contributed by atoms with Crippen molar-refractivity contribution in [3.05, 3.63) is 12.3 Å². The van der Waals surface area contributed by atoms with Crippen molar-refractivity contribution in [3.63, 3.8) is 0 Å². The molecule has 1 rings (SSSR count). The maximum Gasteiger partial charge on any atom is 0.241 e. The summed E-state index contributed by atoms with van der Waals surface area (Å²) in [4.78, 5) is 10.6. The first-order chi connectivity index (χ1) is 4.34. The Morgan fingerprint density at radius 3 is 3.11 bits per heavy atom. The standard InChI is InChI=1S/C6H6N2O/c7-4-5-2-1-3-8-6(5)9/h1,3,5H,2H2,(H,8,9). The molecule has 0 aromatic rings. The quantitative estimate of drug-likeness (QED) is 0.497. The second kappa shape index (κ2) is 2.31. The van der Waals surface area contributed by atoms with Crippen molar-refractivity contribution in [3.8, 4) is 6.07 Å². The van der Waals surface area contributed by atoms with Gasteiger partial charge in [-0.25, -0.2) is 0 Å². The zero-order chi connectivity index (χ0) is 6.69. The van der Waals surface area contributed by atoms with Gasteiger partial charge in [-0.1, -0.05) is 6.08 Å². The molecule has 3 heteroatoms. The number of nitriles is 1. The van der Waals surface area contributed by atoms with Crippen molar-refractivity contribution in [2.45, 2.75) is 6.42 Å². The summed E-state index contributed by atoms with van der Waals surface area (Å²) in [7, 11) is 0. The van der Waals surface area contributed by atoms with E-state index in [1.165, 1.54) is 0 Å². The van der Waals surface area contributed by atoms with Gasteiger partial charge < -0.3 is 5.32 Å². The number of rotatable bonds is 0. The van der Waals surface area contributed by atoms with Crippen LogP contribution in [0.25, 0.3) is 0 Å². The highest BCUT2D eigenvalue weighted by molar-refractivity contribution is 5.82. The van der Waals surface area contributed by atoms with E-state index < -0.39 is 5.92 Å². The maximum atomic E-state index is 10.6. The van der Waals surface area contributed by atoms with Gasteiger partial charge in [0.25, 0.3) is 0 Å². The third-order valence-electron chi connectivity index (χ3n) is 1.19. The Bertz CT molecular complexity index is 190. The number of allylic oxidation sites excluding steroid dienone is 1. The fourth-order valence-corrected chi connectivity index (χ4v) is 0.664. The minimum absolute atomic E-state index is 0.194. The Balaban J connectivity index is 2.67. The highest BCUT2D eigenvalue weighted by Gasteiger charge is 2.17. The predicted octanol–water partition coefficient (Wildman–Crippen LogP) is 0.160. The topological polar surface area (TPSA) is 52.9 Å². The van der Waals surface area contributed by atoms with Crippen molar-refractivity contribution < 1.29 is 4.79 Å². The molecule has 1 heterocycles. The van der Waals surface area contributed by atoms with Crippen molar-refractivity contribution in [1.82, 2.24) is 5.32 Å². The van der Waals surface area contributed by atoms with Crippen LogP contribution in [0.2, 0.25) is 0 Å². The van der Waals surface area contributed by atoms with Gasteiger partial charge in [0, 0.05) is 0 Å². The van der Waals surface area contributed by atoms with E-state index in [0.29, 0.717) is 6.42 Å². The molecule has 0 radical (unpaired) electrons. The molecule has 1 atom stereocenters. The highest BCUT2D eigenvalue weighted by atomic mass is 16.1. The van der Waals surface area contributed by atoms with E-state index >= 15 is 0 Å². The van der Waals surface area contributed by atoms with Crippen molar-refractivity contribution in [2.75, 3.05) is 0 Å². The number of carbonyl (C=O) groups is 1. The minimum Gasteiger partial charge on any atom is -0.332 e. The number of carbonyl (C=O) groups excluding carboxylic acids is 1. The average Bonchev–Trinajstić information content (AvgIpc) is 1.89. The van der Waals surface area contributed by atoms with Crippen LogP contribution in [0.5, 0.6) is 0 Å². The molecular weight excluding hydrogens is 116 g/mol. The van der Waals surface area contributed by atoms with E-state index in [2.05, 4.69) is 5.32 Å². The molecule has 0 aromatic heterocycles. The predicted molar refractivity (Wildman–Crippen MR) is 31.0 cm³/mol. The molecule has 0 bridgehead atoms. The zero-order valence-electron chi connectivity index (χ0n) is 4.79. The van der Waals surface area contributed by atoms with Gasteiger partial charge in [-0.15, -0.1) is 0 Å². The van der Waals surface area contributed by atoms with Gasteiger partial charge in [0.2, 0.25) is 5.91 Å². The normalized spacial score (nSPS) is 24.8. The average molecular weight is 122 g/mol. The van der Waals surface area contributed by atoms with Crippen LogP contribution in [0.15, 0.2) is 12.3 Å². The van der Waals surface area contributed by atoms with Crippen molar-refractivity contribution in [1.29, 1.82) is 5.26 Å². The van der Waals surface area contributed by atoms with Crippen LogP contribution in [0, 0.1) is 17.2 Å². The molecule has 0 saturated carbocycles. The summed E-state index contributed by atoms with van der Waals surface area (Å²) in [6.45, 7) is 0. The number of hydrogen-bond acceptors (Lipinski definition) is 2. The summed E-state index contributed by atoms with van der Waals surface area (Å²) in [6.07, 6.45) is 3.88. The molecule has 0 aliphatic carbocycles. The summed E-state index contributed by atoms with van der Waals surface area (Å²) in [5.74, 6) is -0.671. The molecule has 9 heavy (non-hydrogen) atoms. The second-order valence-corrected chi connectivity index (χ2v) is 1.83. The summed E-state index contributed by atoms with van der Waals surface area (Å²) in [5.41, 5.74) is 0. The molecular formula is C6H6N2O. The lowest BCUT2D eigenvalue weighted by Crippen LogP contribution is -2.28. The van der Waals surface area contributed by atoms with E-state index in [1.54, 1.807) is 12.3 Å². The van der Waals surface area contributed by atoms with Crippen LogP contribution in [0.3, 0.4) is 0 Å². The van der Waals surface area contributed by atoms with E-state index in [4.69, 9.17) is 5.26 Å².